The fraction of sp³-hybridized carbons (Fsp3) is 0.310. The Hall–Kier alpha value is -4.74. The van der Waals surface area contributed by atoms with Crippen molar-refractivity contribution in [3.8, 4) is 56.8 Å². The van der Waals surface area contributed by atoms with Crippen molar-refractivity contribution in [1.29, 1.82) is 0 Å². The molecule has 2 N–H and O–H groups in total. The third-order valence-corrected chi connectivity index (χ3v) is 10.1. The van der Waals surface area contributed by atoms with Crippen molar-refractivity contribution in [1.82, 2.24) is 10.6 Å². The van der Waals surface area contributed by atoms with Gasteiger partial charge in [0, 0.05) is 57.6 Å². The van der Waals surface area contributed by atoms with Crippen LogP contribution >= 0.6 is 0 Å². The van der Waals surface area contributed by atoms with Crippen LogP contribution in [0.5, 0.6) is 34.5 Å². The van der Waals surface area contributed by atoms with E-state index in [-0.39, 0.29) is 73.4 Å². The monoisotopic (exact) mass is 856 g/mol. The number of benzene rings is 2. The number of ether oxygens (including phenoxy) is 6. The van der Waals surface area contributed by atoms with Crippen molar-refractivity contribution in [2.24, 2.45) is 0 Å². The van der Waals surface area contributed by atoms with Gasteiger partial charge in [-0.05, 0) is 83.3 Å². The standard InChI is InChI=1S/C22H23B2NO5.C20H19BNO5.Y/c1-5-19(27)25-16-9-6-12-10-18(28-2)21(29-3)22(30-4)20(12)13-7-8-15(24-23)17(26)11-14(13)16;1-25-17-8-11-4-7-15(22-10-23)13-9-16(24)14(21)6-5-12(13)18(11)20(27-3)19(17)26-2;/h7-8,10-11,16H,1,5-6,9H2,2-4H3,(H,25,27);5-6,8-9,15H,4,7H2,1-3H3,(H,22,23);/q2*-1;/t16-;15-;/m00./s1. The molecule has 0 spiro atoms. The fourth-order valence-corrected chi connectivity index (χ4v) is 7.42. The summed E-state index contributed by atoms with van der Waals surface area (Å²) in [6, 6.07) is 12.9. The number of nitrogens with one attached hydrogen (secondary N) is 2. The summed E-state index contributed by atoms with van der Waals surface area (Å²) in [5.41, 5.74) is 6.32. The van der Waals surface area contributed by atoms with E-state index >= 15 is 0 Å². The van der Waals surface area contributed by atoms with E-state index in [1.807, 2.05) is 18.2 Å². The molecule has 16 heteroatoms. The quantitative estimate of drug-likeness (QED) is 0.131. The third kappa shape index (κ3) is 9.26. The van der Waals surface area contributed by atoms with Crippen molar-refractivity contribution in [3.63, 3.8) is 0 Å². The van der Waals surface area contributed by atoms with Crippen LogP contribution in [0.3, 0.4) is 0 Å². The van der Waals surface area contributed by atoms with Crippen molar-refractivity contribution in [2.75, 3.05) is 42.7 Å². The predicted molar refractivity (Wildman–Crippen MR) is 221 cm³/mol. The van der Waals surface area contributed by atoms with Gasteiger partial charge in [-0.15, -0.1) is 6.42 Å². The van der Waals surface area contributed by atoms with Crippen LogP contribution in [0.15, 0.2) is 58.1 Å². The molecule has 6 radical (unpaired) electrons. The molecule has 12 nitrogen and oxygen atoms in total. The summed E-state index contributed by atoms with van der Waals surface area (Å²) in [5.74, 6) is 2.84. The van der Waals surface area contributed by atoms with Crippen molar-refractivity contribution < 1.29 is 70.7 Å². The predicted octanol–water partition coefficient (Wildman–Crippen LogP) is 2.66. The molecule has 4 aromatic carbocycles. The first-order valence-electron chi connectivity index (χ1n) is 18.1. The zero-order valence-corrected chi connectivity index (χ0v) is 36.2. The van der Waals surface area contributed by atoms with Crippen LogP contribution in [0.4, 0.5) is 0 Å². The molecule has 0 heterocycles. The molecular weight excluding hydrogens is 814 g/mol. The maximum absolute atomic E-state index is 12.7. The minimum Gasteiger partial charge on any atom is -0.524 e. The summed E-state index contributed by atoms with van der Waals surface area (Å²) in [5, 5.41) is 5.67. The number of rotatable bonds is 11. The van der Waals surface area contributed by atoms with E-state index in [4.69, 9.17) is 44.0 Å². The van der Waals surface area contributed by atoms with Gasteiger partial charge in [-0.3, -0.25) is 14.4 Å². The molecule has 2 aliphatic rings. The second-order valence-corrected chi connectivity index (χ2v) is 13.1. The molecule has 294 valence electrons. The molecule has 0 saturated heterocycles. The first-order valence-corrected chi connectivity index (χ1v) is 18.1. The van der Waals surface area contributed by atoms with E-state index in [2.05, 4.69) is 17.6 Å². The van der Waals surface area contributed by atoms with E-state index in [1.54, 1.807) is 60.2 Å². The Balaban J connectivity index is 0.000000254. The first-order chi connectivity index (χ1) is 27.5. The number of aryl methyl sites for hydroxylation is 2. The van der Waals surface area contributed by atoms with Crippen LogP contribution in [0, 0.1) is 6.92 Å². The number of carbonyl (C=O) groups is 1. The van der Waals surface area contributed by atoms with Gasteiger partial charge in [0.05, 0.1) is 48.7 Å². The first kappa shape index (κ1) is 46.0. The molecule has 0 aromatic heterocycles. The molecule has 0 unspecified atom stereocenters. The SMILES string of the molecule is [B][B]c1ccc2c(cc1=O)[C@@H](NC(=O)C[CH2-])CCc1cc(OC)c(OC)c(OC)c1-2.[B]c1ccc2c(cc1=O)[C@@H](N[C-]=O)CCc1cc(OC)c(OC)c(OC)c1-2.[Y]. The zero-order valence-electron chi connectivity index (χ0n) is 33.4. The Morgan fingerprint density at radius 2 is 1.22 bits per heavy atom. The van der Waals surface area contributed by atoms with Gasteiger partial charge in [0.15, 0.2) is 39.8 Å². The van der Waals surface area contributed by atoms with Crippen LogP contribution in [-0.2, 0) is 55.1 Å². The minimum absolute atomic E-state index is 0. The van der Waals surface area contributed by atoms with Gasteiger partial charge in [0.1, 0.15) is 15.0 Å². The molecule has 2 atom stereocenters. The zero-order chi connectivity index (χ0) is 41.4. The van der Waals surface area contributed by atoms with Crippen LogP contribution in [0.2, 0.25) is 0 Å². The van der Waals surface area contributed by atoms with Crippen LogP contribution < -0.4 is 60.8 Å². The number of hydrogen-bond donors (Lipinski definition) is 2. The van der Waals surface area contributed by atoms with Gasteiger partial charge >= 0.3 is 0 Å². The maximum atomic E-state index is 12.7. The van der Waals surface area contributed by atoms with Crippen molar-refractivity contribution in [2.45, 2.75) is 44.2 Å². The summed E-state index contributed by atoms with van der Waals surface area (Å²) in [7, 11) is 22.1. The summed E-state index contributed by atoms with van der Waals surface area (Å²) in [6.07, 6.45) is 4.28. The van der Waals surface area contributed by atoms with E-state index in [0.717, 1.165) is 33.4 Å². The topological polar surface area (TPSA) is 148 Å². The van der Waals surface area contributed by atoms with Gasteiger partial charge in [0.2, 0.25) is 11.5 Å². The number of hydrogen-bond acceptors (Lipinski definition) is 10. The molecule has 2 aliphatic carbocycles. The Morgan fingerprint density at radius 1 is 0.741 bits per heavy atom. The minimum atomic E-state index is -0.383. The number of fused-ring (bicyclic) bond motifs is 6. The van der Waals surface area contributed by atoms with E-state index in [0.29, 0.717) is 76.8 Å². The van der Waals surface area contributed by atoms with Gasteiger partial charge in [0.25, 0.3) is 0 Å². The third-order valence-electron chi connectivity index (χ3n) is 10.1. The molecule has 0 saturated carbocycles. The Labute approximate surface area is 367 Å². The summed E-state index contributed by atoms with van der Waals surface area (Å²) in [4.78, 5) is 48.2. The van der Waals surface area contributed by atoms with Crippen molar-refractivity contribution >= 4 is 46.0 Å². The number of carbonyl (C=O) groups excluding carboxylic acids is 2. The van der Waals surface area contributed by atoms with Crippen LogP contribution in [0.1, 0.15) is 53.6 Å². The van der Waals surface area contributed by atoms with Gasteiger partial charge in [-0.1, -0.05) is 35.2 Å². The molecular formula is C42H42B3N2O10Y-2. The molecule has 0 aliphatic heterocycles. The Bertz CT molecular complexity index is 2300. The molecule has 0 bridgehead atoms. The van der Waals surface area contributed by atoms with Gasteiger partial charge in [-0.25, -0.2) is 0 Å². The Kier molecular flexibility index (Phi) is 16.5. The van der Waals surface area contributed by atoms with E-state index < -0.39 is 0 Å². The van der Waals surface area contributed by atoms with E-state index in [1.165, 1.54) is 26.4 Å². The maximum Gasteiger partial charge on any atom is 0.203 e. The second-order valence-electron chi connectivity index (χ2n) is 13.1. The smallest absolute Gasteiger partial charge is 0.203 e. The van der Waals surface area contributed by atoms with Crippen LogP contribution in [0.25, 0.3) is 22.3 Å². The van der Waals surface area contributed by atoms with Crippen molar-refractivity contribution in [3.05, 3.63) is 98.2 Å². The second kappa shape index (κ2) is 20.8. The number of methoxy groups -OCH3 is 6. The Morgan fingerprint density at radius 3 is 1.69 bits per heavy atom. The average Bonchev–Trinajstić information content (AvgIpc) is 3.61. The summed E-state index contributed by atoms with van der Waals surface area (Å²) in [6.45, 7) is 3.65. The van der Waals surface area contributed by atoms with Gasteiger partial charge < -0.3 is 50.8 Å². The molecule has 6 rings (SSSR count). The fourth-order valence-electron chi connectivity index (χ4n) is 7.42. The molecule has 0 fully saturated rings. The van der Waals surface area contributed by atoms with Gasteiger partial charge in [-0.2, -0.15) is 6.41 Å². The largest absolute Gasteiger partial charge is 0.524 e. The van der Waals surface area contributed by atoms with Crippen LogP contribution in [-0.4, -0.2) is 77.7 Å². The van der Waals surface area contributed by atoms with E-state index in [9.17, 15) is 19.2 Å². The number of amides is 2. The molecule has 4 aromatic rings. The summed E-state index contributed by atoms with van der Waals surface area (Å²) >= 11 is 0. The average molecular weight is 856 g/mol. The normalized spacial score (nSPS) is 14.5. The molecule has 2 amide bonds. The molecule has 58 heavy (non-hydrogen) atoms. The summed E-state index contributed by atoms with van der Waals surface area (Å²) < 4.78 is 33.4.